The second-order valence-electron chi connectivity index (χ2n) is 9.45. The first-order valence-corrected chi connectivity index (χ1v) is 12.4. The van der Waals surface area contributed by atoms with E-state index in [1.165, 1.54) is 19.1 Å². The second kappa shape index (κ2) is 13.4. The summed E-state index contributed by atoms with van der Waals surface area (Å²) in [5.41, 5.74) is -2.17. The molecule has 1 aliphatic carbocycles. The van der Waals surface area contributed by atoms with Gasteiger partial charge in [0.05, 0.1) is 25.2 Å². The lowest BCUT2D eigenvalue weighted by molar-refractivity contribution is -0.206. The summed E-state index contributed by atoms with van der Waals surface area (Å²) in [6.45, 7) is 8.96. The zero-order valence-corrected chi connectivity index (χ0v) is 23.2. The van der Waals surface area contributed by atoms with E-state index in [2.05, 4.69) is 6.58 Å². The standard InChI is InChI=1S/C27H34O13/c1-13-21-20(38-24(13)32)11-18(12-28)9-8-10-19(25(33)35-7)22(37-16(4)30)23(21)39-26(34)27(6,40-17(5)31)14(2)36-15(3)29/h10-11,14,20-23,28H,1,8-9,12H2,2-7H3/b18-11-,19-10+/t14-,20-,21+,22-,23-,27+/m1/s1. The van der Waals surface area contributed by atoms with E-state index in [9.17, 15) is 33.9 Å². The van der Waals surface area contributed by atoms with E-state index in [1.54, 1.807) is 0 Å². The molecule has 0 aromatic carbocycles. The van der Waals surface area contributed by atoms with Crippen LogP contribution in [0.1, 0.15) is 47.5 Å². The van der Waals surface area contributed by atoms with Gasteiger partial charge >= 0.3 is 35.8 Å². The third-order valence-electron chi connectivity index (χ3n) is 6.49. The van der Waals surface area contributed by atoms with Crippen LogP contribution in [0.5, 0.6) is 0 Å². The number of methoxy groups -OCH3 is 1. The van der Waals surface area contributed by atoms with Crippen molar-refractivity contribution in [3.05, 3.63) is 35.5 Å². The lowest BCUT2D eigenvalue weighted by Crippen LogP contribution is -2.55. The van der Waals surface area contributed by atoms with Gasteiger partial charge in [0.2, 0.25) is 5.60 Å². The minimum absolute atomic E-state index is 0.163. The number of ether oxygens (including phenoxy) is 6. The van der Waals surface area contributed by atoms with Gasteiger partial charge < -0.3 is 33.5 Å². The Morgan fingerprint density at radius 1 is 1.12 bits per heavy atom. The van der Waals surface area contributed by atoms with E-state index in [0.717, 1.165) is 34.8 Å². The van der Waals surface area contributed by atoms with Crippen molar-refractivity contribution in [3.63, 3.8) is 0 Å². The Kier molecular flexibility index (Phi) is 10.8. The maximum absolute atomic E-state index is 13.7. The van der Waals surface area contributed by atoms with Crippen LogP contribution in [-0.4, -0.2) is 84.7 Å². The molecule has 0 aromatic rings. The fourth-order valence-electron chi connectivity index (χ4n) is 4.42. The number of hydrogen-bond acceptors (Lipinski definition) is 13. The first kappa shape index (κ1) is 32.2. The molecular weight excluding hydrogens is 532 g/mol. The number of esters is 6. The molecule has 1 N–H and O–H groups in total. The van der Waals surface area contributed by atoms with Crippen molar-refractivity contribution in [2.75, 3.05) is 13.7 Å². The molecule has 1 saturated heterocycles. The predicted octanol–water partition coefficient (Wildman–Crippen LogP) is 1.01. The molecule has 0 bridgehead atoms. The Morgan fingerprint density at radius 3 is 2.30 bits per heavy atom. The second-order valence-corrected chi connectivity index (χ2v) is 9.45. The summed E-state index contributed by atoms with van der Waals surface area (Å²) in [5.74, 6) is -6.83. The smallest absolute Gasteiger partial charge is 0.354 e. The molecule has 40 heavy (non-hydrogen) atoms. The SMILES string of the molecule is C=C1C(=O)O[C@@H]2/C=C(\CO)CC/C=C(/C(=O)OC)[C@@H](OC(C)=O)[C@H](OC(=O)[C@@](C)(OC(C)=O)[C@@H](C)OC(C)=O)[C@@H]12. The van der Waals surface area contributed by atoms with Gasteiger partial charge in [-0.3, -0.25) is 14.4 Å². The Balaban J connectivity index is 2.78. The molecule has 6 atom stereocenters. The maximum Gasteiger partial charge on any atom is 0.354 e. The van der Waals surface area contributed by atoms with Gasteiger partial charge in [-0.15, -0.1) is 0 Å². The Bertz CT molecular complexity index is 1130. The number of aliphatic hydroxyl groups excluding tert-OH is 1. The molecule has 0 aromatic heterocycles. The van der Waals surface area contributed by atoms with Gasteiger partial charge in [-0.05, 0) is 38.3 Å². The van der Waals surface area contributed by atoms with Crippen molar-refractivity contribution in [2.24, 2.45) is 5.92 Å². The van der Waals surface area contributed by atoms with Gasteiger partial charge in [0.25, 0.3) is 0 Å². The third kappa shape index (κ3) is 7.34. The molecule has 2 aliphatic rings. The van der Waals surface area contributed by atoms with Gasteiger partial charge in [0.1, 0.15) is 12.2 Å². The summed E-state index contributed by atoms with van der Waals surface area (Å²) in [4.78, 5) is 75.1. The normalized spacial score (nSPS) is 27.6. The first-order valence-electron chi connectivity index (χ1n) is 12.4. The predicted molar refractivity (Wildman–Crippen MR) is 134 cm³/mol. The number of allylic oxidation sites excluding steroid dienone is 1. The highest BCUT2D eigenvalue weighted by molar-refractivity contribution is 5.93. The van der Waals surface area contributed by atoms with Crippen LogP contribution < -0.4 is 0 Å². The fourth-order valence-corrected chi connectivity index (χ4v) is 4.42. The minimum Gasteiger partial charge on any atom is -0.466 e. The van der Waals surface area contributed by atoms with Crippen LogP contribution in [-0.2, 0) is 57.2 Å². The number of aliphatic hydroxyl groups is 1. The molecule has 1 aliphatic heterocycles. The monoisotopic (exact) mass is 566 g/mol. The highest BCUT2D eigenvalue weighted by Crippen LogP contribution is 2.39. The van der Waals surface area contributed by atoms with Gasteiger partial charge in [-0.1, -0.05) is 12.7 Å². The molecule has 1 heterocycles. The van der Waals surface area contributed by atoms with Crippen molar-refractivity contribution in [1.29, 1.82) is 0 Å². The number of fused-ring (bicyclic) bond motifs is 1. The maximum atomic E-state index is 13.7. The van der Waals surface area contributed by atoms with Crippen molar-refractivity contribution >= 4 is 35.8 Å². The molecule has 2 rings (SSSR count). The number of carbonyl (C=O) groups is 6. The Morgan fingerprint density at radius 2 is 1.77 bits per heavy atom. The fraction of sp³-hybridized carbons (Fsp3) is 0.556. The van der Waals surface area contributed by atoms with Crippen LogP contribution in [0, 0.1) is 5.92 Å². The van der Waals surface area contributed by atoms with E-state index in [-0.39, 0.29) is 24.0 Å². The zero-order chi connectivity index (χ0) is 30.4. The Hall–Kier alpha value is -4.00. The molecule has 0 radical (unpaired) electrons. The highest BCUT2D eigenvalue weighted by atomic mass is 16.6. The molecule has 0 spiro atoms. The highest BCUT2D eigenvalue weighted by Gasteiger charge is 2.54. The number of carbonyl (C=O) groups excluding carboxylic acids is 6. The van der Waals surface area contributed by atoms with Crippen molar-refractivity contribution in [2.45, 2.75) is 77.5 Å². The van der Waals surface area contributed by atoms with E-state index < -0.39 is 78.4 Å². The zero-order valence-electron chi connectivity index (χ0n) is 23.2. The van der Waals surface area contributed by atoms with E-state index >= 15 is 0 Å². The van der Waals surface area contributed by atoms with Crippen molar-refractivity contribution < 1.29 is 62.3 Å². The van der Waals surface area contributed by atoms with Gasteiger partial charge in [0, 0.05) is 26.3 Å². The van der Waals surface area contributed by atoms with Crippen LogP contribution in [0.2, 0.25) is 0 Å². The van der Waals surface area contributed by atoms with Crippen LogP contribution in [0.25, 0.3) is 0 Å². The van der Waals surface area contributed by atoms with E-state index in [1.807, 2.05) is 0 Å². The van der Waals surface area contributed by atoms with Crippen LogP contribution in [0.15, 0.2) is 35.5 Å². The minimum atomic E-state index is -2.21. The molecule has 13 nitrogen and oxygen atoms in total. The molecule has 0 unspecified atom stereocenters. The average Bonchev–Trinajstić information content (AvgIpc) is 3.13. The topological polar surface area (TPSA) is 178 Å². The molecule has 1 fully saturated rings. The molecular formula is C27H34O13. The van der Waals surface area contributed by atoms with E-state index in [0.29, 0.717) is 5.57 Å². The third-order valence-corrected chi connectivity index (χ3v) is 6.49. The van der Waals surface area contributed by atoms with Gasteiger partial charge in [-0.25, -0.2) is 14.4 Å². The molecule has 0 saturated carbocycles. The van der Waals surface area contributed by atoms with Crippen LogP contribution >= 0.6 is 0 Å². The summed E-state index contributed by atoms with van der Waals surface area (Å²) >= 11 is 0. The van der Waals surface area contributed by atoms with Crippen molar-refractivity contribution in [3.8, 4) is 0 Å². The van der Waals surface area contributed by atoms with Crippen LogP contribution in [0.4, 0.5) is 0 Å². The lowest BCUT2D eigenvalue weighted by atomic mass is 9.83. The van der Waals surface area contributed by atoms with E-state index in [4.69, 9.17) is 28.4 Å². The lowest BCUT2D eigenvalue weighted by Gasteiger charge is -2.37. The number of rotatable bonds is 8. The quantitative estimate of drug-likeness (QED) is 0.191. The Labute approximate surface area is 231 Å². The summed E-state index contributed by atoms with van der Waals surface area (Å²) in [5, 5.41) is 9.86. The van der Waals surface area contributed by atoms with Crippen LogP contribution in [0.3, 0.4) is 0 Å². The first-order chi connectivity index (χ1) is 18.7. The number of hydrogen-bond donors (Lipinski definition) is 1. The van der Waals surface area contributed by atoms with Crippen molar-refractivity contribution in [1.82, 2.24) is 0 Å². The molecule has 0 amide bonds. The van der Waals surface area contributed by atoms with Gasteiger partial charge in [-0.2, -0.15) is 0 Å². The molecule has 220 valence electrons. The summed E-state index contributed by atoms with van der Waals surface area (Å²) in [7, 11) is 1.09. The summed E-state index contributed by atoms with van der Waals surface area (Å²) in [6.07, 6.45) is -2.54. The largest absolute Gasteiger partial charge is 0.466 e. The summed E-state index contributed by atoms with van der Waals surface area (Å²) < 4.78 is 32.0. The summed E-state index contributed by atoms with van der Waals surface area (Å²) in [6, 6.07) is 0. The average molecular weight is 567 g/mol. The molecule has 13 heteroatoms. The van der Waals surface area contributed by atoms with Gasteiger partial charge in [0.15, 0.2) is 12.2 Å².